The molecule has 0 unspecified atom stereocenters. The topological polar surface area (TPSA) is 284 Å². The second-order valence-corrected chi connectivity index (χ2v) is 16.3. The third kappa shape index (κ3) is 20.7. The van der Waals surface area contributed by atoms with Gasteiger partial charge in [-0.15, -0.1) is 0 Å². The number of imidazole rings is 2. The lowest BCUT2D eigenvalue weighted by Crippen LogP contribution is -2.29. The number of carboxylic acids is 6. The Morgan fingerprint density at radius 1 is 0.458 bits per heavy atom. The average molecular weight is 995 g/mol. The van der Waals surface area contributed by atoms with Gasteiger partial charge in [0.2, 0.25) is 0 Å². The minimum atomic E-state index is -1.26. The number of nitrogens with one attached hydrogen (secondary N) is 2. The molecule has 2 aromatic heterocycles. The highest BCUT2D eigenvalue weighted by Gasteiger charge is 2.20. The average Bonchev–Trinajstić information content (AvgIpc) is 3.88. The highest BCUT2D eigenvalue weighted by Crippen LogP contribution is 2.25. The third-order valence-corrected chi connectivity index (χ3v) is 10.9. The first-order valence-corrected chi connectivity index (χ1v) is 22.7. The molecule has 0 saturated carbocycles. The molecule has 0 amide bonds. The summed E-state index contributed by atoms with van der Waals surface area (Å²) in [6.07, 6.45) is 10.2. The van der Waals surface area contributed by atoms with Crippen LogP contribution in [0.5, 0.6) is 0 Å². The number of hydrogen-bond donors (Lipinski definition) is 8. The smallest absolute Gasteiger partial charge is 0.328 e. The molecule has 2 saturated heterocycles. The van der Waals surface area contributed by atoms with Crippen molar-refractivity contribution in [3.8, 4) is 0 Å². The summed E-state index contributed by atoms with van der Waals surface area (Å²) in [4.78, 5) is 67.1. The van der Waals surface area contributed by atoms with Gasteiger partial charge in [-0.2, -0.15) is 0 Å². The van der Waals surface area contributed by atoms with Crippen LogP contribution >= 0.6 is 0 Å². The zero-order chi connectivity index (χ0) is 52.4. The largest absolute Gasteiger partial charge is 0.478 e. The Balaban J connectivity index is 0.000000218. The van der Waals surface area contributed by atoms with E-state index >= 15 is 0 Å². The molecule has 18 nitrogen and oxygen atoms in total. The number of piperidine rings is 2. The van der Waals surface area contributed by atoms with E-state index in [2.05, 4.69) is 56.2 Å². The molecule has 8 rings (SSSR count). The maximum absolute atomic E-state index is 13.2. The Bertz CT molecular complexity index is 2560. The molecule has 2 aliphatic rings. The van der Waals surface area contributed by atoms with Crippen LogP contribution < -0.4 is 10.6 Å². The number of carboxylic acid groups (broad SMARTS) is 6. The van der Waals surface area contributed by atoms with Crippen LogP contribution in [0.2, 0.25) is 0 Å². The number of rotatable bonds is 14. The van der Waals surface area contributed by atoms with Gasteiger partial charge in [-0.05, 0) is 123 Å². The number of aliphatic carboxylic acids is 6. The van der Waals surface area contributed by atoms with E-state index in [1.165, 1.54) is 49.9 Å². The van der Waals surface area contributed by atoms with Crippen LogP contribution in [0.3, 0.4) is 0 Å². The first kappa shape index (κ1) is 56.2. The summed E-state index contributed by atoms with van der Waals surface area (Å²) < 4.78 is 31.0. The van der Waals surface area contributed by atoms with Gasteiger partial charge in [-0.1, -0.05) is 48.5 Å². The van der Waals surface area contributed by atoms with E-state index in [1.54, 1.807) is 0 Å². The lowest BCUT2D eigenvalue weighted by atomic mass is 9.94. The van der Waals surface area contributed by atoms with Crippen molar-refractivity contribution in [2.24, 2.45) is 11.8 Å². The molecule has 8 N–H and O–H groups in total. The number of carbonyl (C=O) groups is 6. The Kier molecular flexibility index (Phi) is 23.1. The normalized spacial score (nSPS) is 13.8. The number of aromatic nitrogens is 4. The van der Waals surface area contributed by atoms with Crippen molar-refractivity contribution < 1.29 is 68.2 Å². The quantitative estimate of drug-likeness (QED) is 0.0529. The number of halogens is 2. The lowest BCUT2D eigenvalue weighted by molar-refractivity contribution is -0.134. The fourth-order valence-corrected chi connectivity index (χ4v) is 7.58. The van der Waals surface area contributed by atoms with Crippen LogP contribution in [0.15, 0.2) is 134 Å². The molecule has 0 radical (unpaired) electrons. The molecule has 2 fully saturated rings. The van der Waals surface area contributed by atoms with Gasteiger partial charge < -0.3 is 50.4 Å². The van der Waals surface area contributed by atoms with E-state index in [0.717, 1.165) is 97.0 Å². The van der Waals surface area contributed by atoms with Gasteiger partial charge >= 0.3 is 35.8 Å². The zero-order valence-corrected chi connectivity index (χ0v) is 39.0. The fraction of sp³-hybridized carbons (Fsp3) is 0.269. The molecule has 0 aliphatic carbocycles. The van der Waals surface area contributed by atoms with Crippen molar-refractivity contribution in [2.75, 3.05) is 26.2 Å². The Morgan fingerprint density at radius 3 is 1.01 bits per heavy atom. The summed E-state index contributed by atoms with van der Waals surface area (Å²) in [5.74, 6) is -4.25. The van der Waals surface area contributed by atoms with Crippen LogP contribution in [-0.4, -0.2) is 112 Å². The van der Waals surface area contributed by atoms with Crippen LogP contribution in [-0.2, 0) is 54.7 Å². The molecular weight excluding hydrogens is 939 g/mol. The molecule has 6 aromatic rings. The molecule has 0 spiro atoms. The van der Waals surface area contributed by atoms with Crippen LogP contribution in [0.1, 0.15) is 48.5 Å². The standard InChI is InChI=1S/2C20H22FN3.3C4H4O4/c2*21-17-7-5-16(6-8-17)14-24-19-4-2-1-3-18(19)23-20(24)13-15-9-11-22-12-10-15;3*5-3(6)1-2-4(7)8/h2*1-8,15,22H,9-14H2;3*1-2H,(H,5,6)(H,7,8). The van der Waals surface area contributed by atoms with Gasteiger partial charge in [0.05, 0.1) is 22.1 Å². The van der Waals surface area contributed by atoms with Crippen molar-refractivity contribution in [2.45, 2.75) is 51.6 Å². The third-order valence-electron chi connectivity index (χ3n) is 10.9. The highest BCUT2D eigenvalue weighted by molar-refractivity contribution is 5.90. The monoisotopic (exact) mass is 994 g/mol. The van der Waals surface area contributed by atoms with Crippen molar-refractivity contribution in [1.82, 2.24) is 29.7 Å². The first-order valence-electron chi connectivity index (χ1n) is 22.7. The van der Waals surface area contributed by atoms with Crippen molar-refractivity contribution >= 4 is 57.9 Å². The predicted octanol–water partition coefficient (Wildman–Crippen LogP) is 6.67. The maximum atomic E-state index is 13.2. The van der Waals surface area contributed by atoms with Crippen molar-refractivity contribution in [1.29, 1.82) is 0 Å². The molecule has 2 aliphatic heterocycles. The molecule has 4 heterocycles. The van der Waals surface area contributed by atoms with E-state index < -0.39 is 35.8 Å². The van der Waals surface area contributed by atoms with Crippen LogP contribution in [0.25, 0.3) is 22.1 Å². The number of para-hydroxylation sites is 4. The van der Waals surface area contributed by atoms with Gasteiger partial charge in [0.15, 0.2) is 0 Å². The molecule has 0 bridgehead atoms. The highest BCUT2D eigenvalue weighted by atomic mass is 19.1. The van der Waals surface area contributed by atoms with E-state index in [4.69, 9.17) is 40.6 Å². The fourth-order valence-electron chi connectivity index (χ4n) is 7.58. The van der Waals surface area contributed by atoms with Crippen molar-refractivity contribution in [3.05, 3.63) is 168 Å². The second-order valence-electron chi connectivity index (χ2n) is 16.3. The lowest BCUT2D eigenvalue weighted by Gasteiger charge is -2.22. The Morgan fingerprint density at radius 2 is 0.736 bits per heavy atom. The minimum Gasteiger partial charge on any atom is -0.478 e. The summed E-state index contributed by atoms with van der Waals surface area (Å²) in [5.41, 5.74) is 6.61. The van der Waals surface area contributed by atoms with Gasteiger partial charge in [-0.25, -0.2) is 47.5 Å². The van der Waals surface area contributed by atoms with Crippen LogP contribution in [0, 0.1) is 23.5 Å². The van der Waals surface area contributed by atoms with E-state index in [-0.39, 0.29) is 11.6 Å². The second kappa shape index (κ2) is 29.6. The maximum Gasteiger partial charge on any atom is 0.328 e. The van der Waals surface area contributed by atoms with Gasteiger partial charge in [0.25, 0.3) is 0 Å². The van der Waals surface area contributed by atoms with Gasteiger partial charge in [0, 0.05) is 62.4 Å². The summed E-state index contributed by atoms with van der Waals surface area (Å²) in [5, 5.41) is 53.7. The number of nitrogens with zero attached hydrogens (tertiary/aromatic N) is 4. The molecule has 380 valence electrons. The number of fused-ring (bicyclic) bond motifs is 2. The van der Waals surface area contributed by atoms with E-state index in [9.17, 15) is 37.5 Å². The first-order chi connectivity index (χ1) is 34.5. The summed E-state index contributed by atoms with van der Waals surface area (Å²) >= 11 is 0. The molecular formula is C52H56F2N6O12. The summed E-state index contributed by atoms with van der Waals surface area (Å²) in [6, 6.07) is 30.1. The van der Waals surface area contributed by atoms with E-state index in [1.807, 2.05) is 36.4 Å². The predicted molar refractivity (Wildman–Crippen MR) is 262 cm³/mol. The molecule has 72 heavy (non-hydrogen) atoms. The van der Waals surface area contributed by atoms with Crippen molar-refractivity contribution in [3.63, 3.8) is 0 Å². The van der Waals surface area contributed by atoms with Crippen LogP contribution in [0.4, 0.5) is 8.78 Å². The Hall–Kier alpha value is -8.36. The molecule has 0 atom stereocenters. The number of hydrogen-bond acceptors (Lipinski definition) is 10. The summed E-state index contributed by atoms with van der Waals surface area (Å²) in [7, 11) is 0. The van der Waals surface area contributed by atoms with E-state index in [0.29, 0.717) is 48.3 Å². The minimum absolute atomic E-state index is 0.191. The molecule has 4 aromatic carbocycles. The van der Waals surface area contributed by atoms with Gasteiger partial charge in [0.1, 0.15) is 23.3 Å². The zero-order valence-electron chi connectivity index (χ0n) is 39.0. The SMILES string of the molecule is Fc1ccc(Cn2c(CC3CCNCC3)nc3ccccc32)cc1.Fc1ccc(Cn2c(CC3CCNCC3)nc3ccccc32)cc1.O=C(O)C=CC(=O)O.O=C(O)C=CC(=O)O.O=C(O)C=CC(=O)O. The van der Waals surface area contributed by atoms with Gasteiger partial charge in [-0.3, -0.25) is 0 Å². The molecule has 20 heteroatoms. The Labute approximate surface area is 412 Å². The summed E-state index contributed by atoms with van der Waals surface area (Å²) in [6.45, 7) is 5.87. The number of benzene rings is 4.